The molecule has 2 aliphatic heterocycles. The average Bonchev–Trinajstić information content (AvgIpc) is 3.02. The number of fused-ring (bicyclic) bond motifs is 2. The highest BCUT2D eigenvalue weighted by atomic mass is 16.7. The summed E-state index contributed by atoms with van der Waals surface area (Å²) in [5.74, 6) is 1.78. The van der Waals surface area contributed by atoms with Crippen LogP contribution in [0.2, 0.25) is 0 Å². The quantitative estimate of drug-likeness (QED) is 0.855. The number of carbonyl (C=O) groups is 1. The number of ether oxygens (including phenoxy) is 2. The summed E-state index contributed by atoms with van der Waals surface area (Å²) in [4.78, 5) is 14.7. The predicted molar refractivity (Wildman–Crippen MR) is 86.5 cm³/mol. The molecule has 4 nitrogen and oxygen atoms in total. The Balaban J connectivity index is 1.57. The summed E-state index contributed by atoms with van der Waals surface area (Å²) in [6, 6.07) is 14.1. The van der Waals surface area contributed by atoms with Gasteiger partial charge in [0.05, 0.1) is 12.5 Å². The number of amides is 1. The zero-order valence-electron chi connectivity index (χ0n) is 13.1. The molecule has 2 heterocycles. The van der Waals surface area contributed by atoms with E-state index in [4.69, 9.17) is 9.47 Å². The van der Waals surface area contributed by atoms with E-state index < -0.39 is 0 Å². The lowest BCUT2D eigenvalue weighted by Gasteiger charge is -2.35. The normalized spacial score (nSPS) is 18.7. The first-order valence-corrected chi connectivity index (χ1v) is 7.98. The molecule has 1 amide bonds. The van der Waals surface area contributed by atoms with Crippen molar-refractivity contribution in [1.82, 2.24) is 4.90 Å². The van der Waals surface area contributed by atoms with Crippen LogP contribution < -0.4 is 9.47 Å². The lowest BCUT2D eigenvalue weighted by Crippen LogP contribution is -2.39. The van der Waals surface area contributed by atoms with E-state index in [2.05, 4.69) is 13.0 Å². The summed E-state index contributed by atoms with van der Waals surface area (Å²) < 4.78 is 10.9. The summed E-state index contributed by atoms with van der Waals surface area (Å²) in [6.45, 7) is 3.12. The van der Waals surface area contributed by atoms with Gasteiger partial charge in [0.1, 0.15) is 0 Å². The fraction of sp³-hybridized carbons (Fsp3) is 0.316. The van der Waals surface area contributed by atoms with Crippen molar-refractivity contribution in [2.24, 2.45) is 0 Å². The molecule has 118 valence electrons. The van der Waals surface area contributed by atoms with Crippen LogP contribution in [-0.4, -0.2) is 24.1 Å². The van der Waals surface area contributed by atoms with Crippen molar-refractivity contribution >= 4 is 5.91 Å². The van der Waals surface area contributed by atoms with Crippen LogP contribution in [0, 0.1) is 0 Å². The fourth-order valence-corrected chi connectivity index (χ4v) is 3.42. The third-order valence-corrected chi connectivity index (χ3v) is 4.69. The van der Waals surface area contributed by atoms with Crippen molar-refractivity contribution in [3.8, 4) is 11.5 Å². The molecular formula is C19H19NO3. The van der Waals surface area contributed by atoms with Crippen LogP contribution in [0.1, 0.15) is 29.7 Å². The van der Waals surface area contributed by atoms with E-state index in [0.717, 1.165) is 30.0 Å². The number of hydrogen-bond acceptors (Lipinski definition) is 3. The largest absolute Gasteiger partial charge is 0.454 e. The highest BCUT2D eigenvalue weighted by molar-refractivity contribution is 5.79. The maximum Gasteiger partial charge on any atom is 0.231 e. The molecule has 2 aromatic carbocycles. The van der Waals surface area contributed by atoms with Crippen molar-refractivity contribution in [1.29, 1.82) is 0 Å². The van der Waals surface area contributed by atoms with E-state index in [0.29, 0.717) is 6.42 Å². The lowest BCUT2D eigenvalue weighted by atomic mass is 9.92. The van der Waals surface area contributed by atoms with Gasteiger partial charge in [-0.05, 0) is 42.2 Å². The lowest BCUT2D eigenvalue weighted by molar-refractivity contribution is -0.133. The van der Waals surface area contributed by atoms with Gasteiger partial charge in [-0.15, -0.1) is 0 Å². The first-order chi connectivity index (χ1) is 11.2. The van der Waals surface area contributed by atoms with E-state index in [1.165, 1.54) is 11.1 Å². The molecule has 2 aliphatic rings. The fourth-order valence-electron chi connectivity index (χ4n) is 3.42. The summed E-state index contributed by atoms with van der Waals surface area (Å²) >= 11 is 0. The minimum absolute atomic E-state index is 0.0597. The van der Waals surface area contributed by atoms with Crippen LogP contribution in [0.25, 0.3) is 0 Å². The predicted octanol–water partition coefficient (Wildman–Crippen LogP) is 3.10. The Morgan fingerprint density at radius 3 is 2.70 bits per heavy atom. The van der Waals surface area contributed by atoms with Crippen LogP contribution in [0.15, 0.2) is 42.5 Å². The zero-order valence-corrected chi connectivity index (χ0v) is 13.1. The molecule has 0 fully saturated rings. The average molecular weight is 309 g/mol. The van der Waals surface area contributed by atoms with E-state index in [1.54, 1.807) is 0 Å². The monoisotopic (exact) mass is 309 g/mol. The highest BCUT2D eigenvalue weighted by Crippen LogP contribution is 2.40. The minimum Gasteiger partial charge on any atom is -0.454 e. The number of hydrogen-bond donors (Lipinski definition) is 0. The van der Waals surface area contributed by atoms with Crippen molar-refractivity contribution in [3.63, 3.8) is 0 Å². The van der Waals surface area contributed by atoms with E-state index in [9.17, 15) is 4.79 Å². The summed E-state index contributed by atoms with van der Waals surface area (Å²) in [5, 5.41) is 0. The zero-order chi connectivity index (χ0) is 15.8. The van der Waals surface area contributed by atoms with E-state index >= 15 is 0 Å². The highest BCUT2D eigenvalue weighted by Gasteiger charge is 2.30. The molecule has 0 spiro atoms. The van der Waals surface area contributed by atoms with Gasteiger partial charge in [0.25, 0.3) is 0 Å². The standard InChI is InChI=1S/C19H19NO3/c1-13-16-11-18-17(22-12-23-18)10-15(16)7-8-20(13)19(21)9-14-5-3-2-4-6-14/h2-6,10-11,13H,7-9,12H2,1H3. The molecule has 0 radical (unpaired) electrons. The number of benzene rings is 2. The Morgan fingerprint density at radius 2 is 1.91 bits per heavy atom. The van der Waals surface area contributed by atoms with Gasteiger partial charge in [-0.3, -0.25) is 4.79 Å². The summed E-state index contributed by atoms with van der Waals surface area (Å²) in [5.41, 5.74) is 3.48. The molecular weight excluding hydrogens is 290 g/mol. The van der Waals surface area contributed by atoms with Gasteiger partial charge < -0.3 is 14.4 Å². The Morgan fingerprint density at radius 1 is 1.17 bits per heavy atom. The molecule has 0 aromatic heterocycles. The van der Waals surface area contributed by atoms with Gasteiger partial charge >= 0.3 is 0 Å². The van der Waals surface area contributed by atoms with Gasteiger partial charge in [-0.2, -0.15) is 0 Å². The third kappa shape index (κ3) is 2.54. The van der Waals surface area contributed by atoms with Crippen molar-refractivity contribution in [2.45, 2.75) is 25.8 Å². The van der Waals surface area contributed by atoms with Gasteiger partial charge in [-0.25, -0.2) is 0 Å². The molecule has 1 unspecified atom stereocenters. The van der Waals surface area contributed by atoms with Crippen LogP contribution in [-0.2, 0) is 17.6 Å². The number of rotatable bonds is 2. The van der Waals surface area contributed by atoms with E-state index in [-0.39, 0.29) is 18.7 Å². The second-order valence-electron chi connectivity index (χ2n) is 6.08. The summed E-state index contributed by atoms with van der Waals surface area (Å²) in [7, 11) is 0. The molecule has 0 bridgehead atoms. The van der Waals surface area contributed by atoms with Crippen LogP contribution in [0.5, 0.6) is 11.5 Å². The Labute approximate surface area is 135 Å². The molecule has 23 heavy (non-hydrogen) atoms. The topological polar surface area (TPSA) is 38.8 Å². The van der Waals surface area contributed by atoms with Crippen LogP contribution in [0.3, 0.4) is 0 Å². The smallest absolute Gasteiger partial charge is 0.231 e. The van der Waals surface area contributed by atoms with Crippen molar-refractivity contribution in [3.05, 3.63) is 59.2 Å². The first kappa shape index (κ1) is 14.1. The molecule has 4 rings (SSSR count). The SMILES string of the molecule is CC1c2cc3c(cc2CCN1C(=O)Cc1ccccc1)OCO3. The molecule has 4 heteroatoms. The minimum atomic E-state index is 0.0597. The second kappa shape index (κ2) is 5.61. The number of carbonyl (C=O) groups excluding carboxylic acids is 1. The van der Waals surface area contributed by atoms with Gasteiger partial charge in [0.15, 0.2) is 11.5 Å². The maximum absolute atomic E-state index is 12.7. The first-order valence-electron chi connectivity index (χ1n) is 7.98. The van der Waals surface area contributed by atoms with Gasteiger partial charge in [-0.1, -0.05) is 30.3 Å². The Hall–Kier alpha value is -2.49. The van der Waals surface area contributed by atoms with Crippen molar-refractivity contribution in [2.75, 3.05) is 13.3 Å². The maximum atomic E-state index is 12.7. The molecule has 0 N–H and O–H groups in total. The van der Waals surface area contributed by atoms with Crippen LogP contribution in [0.4, 0.5) is 0 Å². The van der Waals surface area contributed by atoms with Crippen molar-refractivity contribution < 1.29 is 14.3 Å². The Kier molecular flexibility index (Phi) is 3.45. The molecule has 1 atom stereocenters. The summed E-state index contributed by atoms with van der Waals surface area (Å²) in [6.07, 6.45) is 1.31. The Bertz CT molecular complexity index is 742. The second-order valence-corrected chi connectivity index (χ2v) is 6.08. The molecule has 0 saturated heterocycles. The molecule has 2 aromatic rings. The van der Waals surface area contributed by atoms with Gasteiger partial charge in [0.2, 0.25) is 12.7 Å². The van der Waals surface area contributed by atoms with Gasteiger partial charge in [0, 0.05) is 6.54 Å². The molecule has 0 saturated carbocycles. The third-order valence-electron chi connectivity index (χ3n) is 4.69. The number of nitrogens with zero attached hydrogens (tertiary/aromatic N) is 1. The molecule has 0 aliphatic carbocycles. The van der Waals surface area contributed by atoms with E-state index in [1.807, 2.05) is 41.3 Å². The van der Waals surface area contributed by atoms with Crippen LogP contribution >= 0.6 is 0 Å².